The average molecular weight is 376 g/mol. The SMILES string of the molecule is O=C(O)C(CNC(=O)C1(Cc2ccccc2Cl)CC1)c1ccc(F)cc1. The second-order valence-electron chi connectivity index (χ2n) is 6.70. The molecule has 1 amide bonds. The smallest absolute Gasteiger partial charge is 0.312 e. The molecule has 2 aromatic carbocycles. The third-order valence-corrected chi connectivity index (χ3v) is 5.23. The lowest BCUT2D eigenvalue weighted by Gasteiger charge is -2.19. The van der Waals surface area contributed by atoms with Crippen LogP contribution in [0.25, 0.3) is 0 Å². The Kier molecular flexibility index (Phi) is 5.28. The number of hydrogen-bond acceptors (Lipinski definition) is 2. The Balaban J connectivity index is 1.66. The molecule has 0 saturated heterocycles. The van der Waals surface area contributed by atoms with E-state index in [1.54, 1.807) is 6.07 Å². The molecule has 4 nitrogen and oxygen atoms in total. The van der Waals surface area contributed by atoms with Crippen LogP contribution in [0, 0.1) is 11.2 Å². The normalized spacial score (nSPS) is 15.9. The average Bonchev–Trinajstić information content (AvgIpc) is 3.39. The lowest BCUT2D eigenvalue weighted by Crippen LogP contribution is -2.37. The van der Waals surface area contributed by atoms with E-state index in [9.17, 15) is 19.1 Å². The van der Waals surface area contributed by atoms with Crippen LogP contribution in [0.5, 0.6) is 0 Å². The highest BCUT2D eigenvalue weighted by atomic mass is 35.5. The van der Waals surface area contributed by atoms with Crippen molar-refractivity contribution in [2.75, 3.05) is 6.54 Å². The Hall–Kier alpha value is -2.40. The summed E-state index contributed by atoms with van der Waals surface area (Å²) < 4.78 is 13.0. The van der Waals surface area contributed by atoms with E-state index in [-0.39, 0.29) is 12.5 Å². The molecule has 26 heavy (non-hydrogen) atoms. The van der Waals surface area contributed by atoms with E-state index >= 15 is 0 Å². The Bertz CT molecular complexity index is 818. The molecule has 0 aliphatic heterocycles. The molecule has 0 heterocycles. The standard InChI is InChI=1S/C20H19ClFNO3/c21-17-4-2-1-3-14(17)11-20(9-10-20)19(26)23-12-16(18(24)25)13-5-7-15(22)8-6-13/h1-8,16H,9-12H2,(H,23,26)(H,24,25). The molecule has 1 aliphatic rings. The van der Waals surface area contributed by atoms with Crippen LogP contribution >= 0.6 is 11.6 Å². The first-order chi connectivity index (χ1) is 12.4. The number of aliphatic carboxylic acids is 1. The van der Waals surface area contributed by atoms with Crippen LogP contribution in [0.3, 0.4) is 0 Å². The summed E-state index contributed by atoms with van der Waals surface area (Å²) in [4.78, 5) is 24.2. The van der Waals surface area contributed by atoms with Crippen LogP contribution in [-0.2, 0) is 16.0 Å². The number of carboxylic acids is 1. The monoisotopic (exact) mass is 375 g/mol. The van der Waals surface area contributed by atoms with Crippen molar-refractivity contribution in [3.8, 4) is 0 Å². The van der Waals surface area contributed by atoms with Gasteiger partial charge < -0.3 is 10.4 Å². The van der Waals surface area contributed by atoms with Crippen LogP contribution in [0.2, 0.25) is 5.02 Å². The second kappa shape index (κ2) is 7.46. The van der Waals surface area contributed by atoms with Crippen LogP contribution in [-0.4, -0.2) is 23.5 Å². The van der Waals surface area contributed by atoms with Gasteiger partial charge in [-0.1, -0.05) is 41.9 Å². The van der Waals surface area contributed by atoms with Crippen LogP contribution in [0.15, 0.2) is 48.5 Å². The third kappa shape index (κ3) is 4.05. The maximum atomic E-state index is 13.0. The fourth-order valence-corrected chi connectivity index (χ4v) is 3.27. The quantitative estimate of drug-likeness (QED) is 0.773. The van der Waals surface area contributed by atoms with E-state index in [0.29, 0.717) is 17.0 Å². The van der Waals surface area contributed by atoms with Crippen molar-refractivity contribution < 1.29 is 19.1 Å². The van der Waals surface area contributed by atoms with Crippen molar-refractivity contribution >= 4 is 23.5 Å². The van der Waals surface area contributed by atoms with Gasteiger partial charge in [0.25, 0.3) is 0 Å². The van der Waals surface area contributed by atoms with Crippen molar-refractivity contribution in [1.82, 2.24) is 5.32 Å². The molecular formula is C20H19ClFNO3. The summed E-state index contributed by atoms with van der Waals surface area (Å²) in [5.74, 6) is -2.58. The van der Waals surface area contributed by atoms with Crippen molar-refractivity contribution in [2.24, 2.45) is 5.41 Å². The fraction of sp³-hybridized carbons (Fsp3) is 0.300. The molecule has 1 fully saturated rings. The molecule has 1 atom stereocenters. The summed E-state index contributed by atoms with van der Waals surface area (Å²) in [5, 5.41) is 12.8. The maximum absolute atomic E-state index is 13.0. The van der Waals surface area contributed by atoms with Gasteiger partial charge in [0.2, 0.25) is 5.91 Å². The molecule has 1 unspecified atom stereocenters. The summed E-state index contributed by atoms with van der Waals surface area (Å²) in [6.07, 6.45) is 2.03. The molecule has 0 radical (unpaired) electrons. The lowest BCUT2D eigenvalue weighted by molar-refractivity contribution is -0.138. The molecule has 0 spiro atoms. The first kappa shape index (κ1) is 18.4. The lowest BCUT2D eigenvalue weighted by atomic mass is 9.94. The van der Waals surface area contributed by atoms with Gasteiger partial charge in [-0.25, -0.2) is 4.39 Å². The largest absolute Gasteiger partial charge is 0.481 e. The van der Waals surface area contributed by atoms with E-state index in [0.717, 1.165) is 18.4 Å². The van der Waals surface area contributed by atoms with E-state index in [2.05, 4.69) is 5.32 Å². The number of hydrogen-bond donors (Lipinski definition) is 2. The molecular weight excluding hydrogens is 357 g/mol. The number of carbonyl (C=O) groups is 2. The number of amides is 1. The van der Waals surface area contributed by atoms with Gasteiger partial charge in [0.1, 0.15) is 5.82 Å². The second-order valence-corrected chi connectivity index (χ2v) is 7.11. The molecule has 1 aliphatic carbocycles. The Morgan fingerprint density at radius 2 is 1.81 bits per heavy atom. The molecule has 1 saturated carbocycles. The Morgan fingerprint density at radius 1 is 1.15 bits per heavy atom. The minimum absolute atomic E-state index is 0.0376. The number of halogens is 2. The van der Waals surface area contributed by atoms with Crippen molar-refractivity contribution in [3.63, 3.8) is 0 Å². The maximum Gasteiger partial charge on any atom is 0.312 e. The van der Waals surface area contributed by atoms with Gasteiger partial charge in [0.05, 0.1) is 11.3 Å². The molecule has 2 N–H and O–H groups in total. The van der Waals surface area contributed by atoms with Gasteiger partial charge in [-0.3, -0.25) is 9.59 Å². The molecule has 136 valence electrons. The van der Waals surface area contributed by atoms with Gasteiger partial charge in [-0.05, 0) is 48.6 Å². The highest BCUT2D eigenvalue weighted by Crippen LogP contribution is 2.49. The van der Waals surface area contributed by atoms with Crippen LogP contribution in [0.1, 0.15) is 29.9 Å². The van der Waals surface area contributed by atoms with Gasteiger partial charge in [-0.15, -0.1) is 0 Å². The first-order valence-electron chi connectivity index (χ1n) is 8.41. The Morgan fingerprint density at radius 3 is 2.38 bits per heavy atom. The molecule has 3 rings (SSSR count). The van der Waals surface area contributed by atoms with Crippen molar-refractivity contribution in [3.05, 3.63) is 70.5 Å². The number of carboxylic acid groups (broad SMARTS) is 1. The topological polar surface area (TPSA) is 66.4 Å². The molecule has 6 heteroatoms. The number of benzene rings is 2. The predicted octanol–water partition coefficient (Wildman–Crippen LogP) is 3.79. The number of nitrogens with one attached hydrogen (secondary N) is 1. The van der Waals surface area contributed by atoms with Crippen molar-refractivity contribution in [1.29, 1.82) is 0 Å². The van der Waals surface area contributed by atoms with Gasteiger partial charge >= 0.3 is 5.97 Å². The summed E-state index contributed by atoms with van der Waals surface area (Å²) in [6, 6.07) is 12.7. The summed E-state index contributed by atoms with van der Waals surface area (Å²) in [6.45, 7) is -0.0376. The highest BCUT2D eigenvalue weighted by molar-refractivity contribution is 6.31. The highest BCUT2D eigenvalue weighted by Gasteiger charge is 2.49. The minimum atomic E-state index is -1.06. The van der Waals surface area contributed by atoms with Gasteiger partial charge in [-0.2, -0.15) is 0 Å². The first-order valence-corrected chi connectivity index (χ1v) is 8.79. The molecule has 0 bridgehead atoms. The minimum Gasteiger partial charge on any atom is -0.481 e. The van der Waals surface area contributed by atoms with Crippen molar-refractivity contribution in [2.45, 2.75) is 25.2 Å². The van der Waals surface area contributed by atoms with Gasteiger partial charge in [0.15, 0.2) is 0 Å². The predicted molar refractivity (Wildman–Crippen MR) is 96.6 cm³/mol. The molecule has 2 aromatic rings. The number of carbonyl (C=O) groups excluding carboxylic acids is 1. The summed E-state index contributed by atoms with van der Waals surface area (Å²) in [5.41, 5.74) is 0.849. The zero-order chi connectivity index (χ0) is 18.7. The Labute approximate surface area is 156 Å². The molecule has 0 aromatic heterocycles. The van der Waals surface area contributed by atoms with E-state index < -0.39 is 23.1 Å². The van der Waals surface area contributed by atoms with E-state index in [4.69, 9.17) is 11.6 Å². The summed E-state index contributed by atoms with van der Waals surface area (Å²) in [7, 11) is 0. The van der Waals surface area contributed by atoms with Crippen LogP contribution in [0.4, 0.5) is 4.39 Å². The van der Waals surface area contributed by atoms with E-state index in [1.165, 1.54) is 24.3 Å². The fourth-order valence-electron chi connectivity index (χ4n) is 3.07. The summed E-state index contributed by atoms with van der Waals surface area (Å²) >= 11 is 6.18. The zero-order valence-corrected chi connectivity index (χ0v) is 14.8. The van der Waals surface area contributed by atoms with Crippen LogP contribution < -0.4 is 5.32 Å². The van der Waals surface area contributed by atoms with E-state index in [1.807, 2.05) is 18.2 Å². The third-order valence-electron chi connectivity index (χ3n) is 4.86. The number of rotatable bonds is 7. The van der Waals surface area contributed by atoms with Gasteiger partial charge in [0, 0.05) is 11.6 Å². The zero-order valence-electron chi connectivity index (χ0n) is 14.0.